The number of rotatable bonds is 9. The zero-order chi connectivity index (χ0) is 43.9. The van der Waals surface area contributed by atoms with Gasteiger partial charge in [0, 0.05) is 39.8 Å². The van der Waals surface area contributed by atoms with E-state index in [2.05, 4.69) is 175 Å². The van der Waals surface area contributed by atoms with Crippen LogP contribution in [-0.2, 0) is 0 Å². The fraction of sp³-hybridized carbons (Fsp3) is 0.333. The molecule has 6 atom stereocenters. The van der Waals surface area contributed by atoms with Crippen LogP contribution in [0, 0.1) is 35.5 Å². The highest BCUT2D eigenvalue weighted by Gasteiger charge is 2.37. The lowest BCUT2D eigenvalue weighted by Gasteiger charge is -2.40. The highest BCUT2D eigenvalue weighted by molar-refractivity contribution is 6.14. The molecule has 0 N–H and O–H groups in total. The van der Waals surface area contributed by atoms with Crippen molar-refractivity contribution in [1.82, 2.24) is 19.9 Å². The van der Waals surface area contributed by atoms with Gasteiger partial charge < -0.3 is 0 Å². The van der Waals surface area contributed by atoms with Crippen molar-refractivity contribution in [2.24, 2.45) is 35.5 Å². The topological polar surface area (TPSA) is 51.6 Å². The van der Waals surface area contributed by atoms with Gasteiger partial charge in [-0.1, -0.05) is 170 Å². The first-order chi connectivity index (χ1) is 31.2. The molecule has 8 aromatic rings. The maximum Gasteiger partial charge on any atom is 0.164 e. The molecule has 0 radical (unpaired) electrons. The van der Waals surface area contributed by atoms with E-state index >= 15 is 0 Å². The number of pyridine rings is 1. The van der Waals surface area contributed by atoms with Gasteiger partial charge in [-0.05, 0) is 130 Å². The summed E-state index contributed by atoms with van der Waals surface area (Å²) in [6.45, 7) is 14.6. The minimum Gasteiger partial charge on any atom is -0.257 e. The van der Waals surface area contributed by atoms with Gasteiger partial charge in [0.05, 0.1) is 5.69 Å². The molecule has 2 fully saturated rings. The van der Waals surface area contributed by atoms with Crippen LogP contribution in [0.2, 0.25) is 0 Å². The number of hydrogen-bond donors (Lipinski definition) is 0. The third kappa shape index (κ3) is 8.28. The van der Waals surface area contributed by atoms with Crippen LogP contribution >= 0.6 is 0 Å². The Bertz CT molecular complexity index is 2860. The van der Waals surface area contributed by atoms with E-state index in [0.717, 1.165) is 28.7 Å². The van der Waals surface area contributed by atoms with E-state index in [-0.39, 0.29) is 0 Å². The molecule has 2 aliphatic rings. The van der Waals surface area contributed by atoms with Crippen LogP contribution in [0.15, 0.2) is 146 Å². The number of fused-ring (bicyclic) bond motifs is 3. The predicted octanol–water partition coefficient (Wildman–Crippen LogP) is 16.3. The first-order valence-electron chi connectivity index (χ1n) is 24.1. The summed E-state index contributed by atoms with van der Waals surface area (Å²) in [6, 6.07) is 52.7. The minimum absolute atomic E-state index is 0.373. The Morgan fingerprint density at radius 2 is 0.891 bits per heavy atom. The standard InChI is InChI=1S/C60H62N4/c1-37(2)47-27-25-39(5)31-54(47)56-30-29-50(57(61-56)55-32-40(6)26-28-48(55)38(3)4)44-33-45(53-36-43-21-13-14-22-49(43)51-23-15-16-24-52(51)53)35-46(34-44)60-63-58(41-17-9-7-10-18-41)62-59(64-60)42-19-11-8-12-20-42/h7-24,29-30,33-40,47-48,54-55H,25-28,31-32H2,1-6H3. The molecule has 4 heteroatoms. The summed E-state index contributed by atoms with van der Waals surface area (Å²) in [5, 5.41) is 4.98. The number of hydrogen-bond acceptors (Lipinski definition) is 4. The molecule has 2 aliphatic carbocycles. The molecule has 2 saturated carbocycles. The van der Waals surface area contributed by atoms with Crippen molar-refractivity contribution in [2.45, 2.75) is 91.9 Å². The molecule has 0 spiro atoms. The fourth-order valence-electron chi connectivity index (χ4n) is 11.6. The Morgan fingerprint density at radius 1 is 0.406 bits per heavy atom. The second-order valence-corrected chi connectivity index (χ2v) is 20.1. The number of aromatic nitrogens is 4. The molecule has 10 rings (SSSR count). The summed E-state index contributed by atoms with van der Waals surface area (Å²) < 4.78 is 0. The van der Waals surface area contributed by atoms with E-state index in [4.69, 9.17) is 19.9 Å². The third-order valence-corrected chi connectivity index (χ3v) is 15.0. The summed E-state index contributed by atoms with van der Waals surface area (Å²) in [5.41, 5.74) is 10.2. The lowest BCUT2D eigenvalue weighted by Crippen LogP contribution is -2.29. The Hall–Kier alpha value is -6.00. The molecule has 0 aliphatic heterocycles. The number of benzene rings is 6. The Kier molecular flexibility index (Phi) is 11.7. The zero-order valence-corrected chi connectivity index (χ0v) is 38.5. The maximum absolute atomic E-state index is 5.99. The van der Waals surface area contributed by atoms with Gasteiger partial charge in [-0.2, -0.15) is 0 Å². The SMILES string of the molecule is CC1CCC(C(C)C)C(c2ccc(-c3cc(-c4nc(-c5ccccc5)nc(-c5ccccc5)n4)cc(-c4cc5ccccc5c5ccccc45)c3)c(C3CC(C)CCC3C(C)C)n2)C1. The normalized spacial score (nSPS) is 21.5. The molecule has 2 aromatic heterocycles. The predicted molar refractivity (Wildman–Crippen MR) is 268 cm³/mol. The summed E-state index contributed by atoms with van der Waals surface area (Å²) in [4.78, 5) is 21.7. The Balaban J connectivity index is 1.25. The van der Waals surface area contributed by atoms with Crippen LogP contribution in [-0.4, -0.2) is 19.9 Å². The quantitative estimate of drug-likeness (QED) is 0.136. The van der Waals surface area contributed by atoms with Crippen LogP contribution in [0.25, 0.3) is 78.0 Å². The van der Waals surface area contributed by atoms with E-state index < -0.39 is 0 Å². The lowest BCUT2D eigenvalue weighted by atomic mass is 9.67. The minimum atomic E-state index is 0.373. The molecule has 64 heavy (non-hydrogen) atoms. The highest BCUT2D eigenvalue weighted by atomic mass is 15.0. The largest absolute Gasteiger partial charge is 0.257 e. The molecule has 4 nitrogen and oxygen atoms in total. The van der Waals surface area contributed by atoms with Crippen molar-refractivity contribution >= 4 is 21.5 Å². The maximum atomic E-state index is 5.99. The lowest BCUT2D eigenvalue weighted by molar-refractivity contribution is 0.187. The molecular weight excluding hydrogens is 777 g/mol. The van der Waals surface area contributed by atoms with Gasteiger partial charge in [-0.15, -0.1) is 0 Å². The molecule has 322 valence electrons. The second-order valence-electron chi connectivity index (χ2n) is 20.1. The zero-order valence-electron chi connectivity index (χ0n) is 38.5. The van der Waals surface area contributed by atoms with Crippen molar-refractivity contribution in [1.29, 1.82) is 0 Å². The van der Waals surface area contributed by atoms with Gasteiger partial charge in [-0.25, -0.2) is 15.0 Å². The fourth-order valence-corrected chi connectivity index (χ4v) is 11.6. The van der Waals surface area contributed by atoms with E-state index in [1.807, 2.05) is 12.1 Å². The first kappa shape index (κ1) is 42.0. The molecule has 6 aromatic carbocycles. The average molecular weight is 839 g/mol. The second kappa shape index (κ2) is 17.9. The average Bonchev–Trinajstić information content (AvgIpc) is 3.33. The van der Waals surface area contributed by atoms with Gasteiger partial charge in [0.15, 0.2) is 17.5 Å². The molecular formula is C60H62N4. The van der Waals surface area contributed by atoms with E-state index in [9.17, 15) is 0 Å². The molecule has 0 saturated heterocycles. The monoisotopic (exact) mass is 838 g/mol. The third-order valence-electron chi connectivity index (χ3n) is 15.0. The van der Waals surface area contributed by atoms with Crippen molar-refractivity contribution in [3.05, 3.63) is 157 Å². The van der Waals surface area contributed by atoms with Gasteiger partial charge in [0.2, 0.25) is 0 Å². The van der Waals surface area contributed by atoms with Crippen molar-refractivity contribution < 1.29 is 0 Å². The van der Waals surface area contributed by atoms with E-state index in [0.29, 0.717) is 64.8 Å². The summed E-state index contributed by atoms with van der Waals surface area (Å²) in [7, 11) is 0. The highest BCUT2D eigenvalue weighted by Crippen LogP contribution is 2.49. The van der Waals surface area contributed by atoms with Crippen molar-refractivity contribution in [3.8, 4) is 56.4 Å². The van der Waals surface area contributed by atoms with Crippen molar-refractivity contribution in [2.75, 3.05) is 0 Å². The van der Waals surface area contributed by atoms with Gasteiger partial charge in [0.25, 0.3) is 0 Å². The summed E-state index contributed by atoms with van der Waals surface area (Å²) in [6.07, 6.45) is 7.50. The Morgan fingerprint density at radius 3 is 1.50 bits per heavy atom. The van der Waals surface area contributed by atoms with Gasteiger partial charge >= 0.3 is 0 Å². The number of nitrogens with zero attached hydrogens (tertiary/aromatic N) is 4. The van der Waals surface area contributed by atoms with Crippen molar-refractivity contribution in [3.63, 3.8) is 0 Å². The van der Waals surface area contributed by atoms with Crippen LogP contribution < -0.4 is 0 Å². The van der Waals surface area contributed by atoms with Crippen LogP contribution in [0.1, 0.15) is 103 Å². The van der Waals surface area contributed by atoms with Gasteiger partial charge in [-0.3, -0.25) is 4.98 Å². The van der Waals surface area contributed by atoms with Crippen LogP contribution in [0.4, 0.5) is 0 Å². The Labute approximate surface area is 380 Å². The molecule has 2 heterocycles. The molecule has 0 amide bonds. The smallest absolute Gasteiger partial charge is 0.164 e. The van der Waals surface area contributed by atoms with Crippen LogP contribution in [0.3, 0.4) is 0 Å². The van der Waals surface area contributed by atoms with Crippen LogP contribution in [0.5, 0.6) is 0 Å². The van der Waals surface area contributed by atoms with E-state index in [1.165, 1.54) is 81.7 Å². The molecule has 0 bridgehead atoms. The van der Waals surface area contributed by atoms with E-state index in [1.54, 1.807) is 0 Å². The summed E-state index contributed by atoms with van der Waals surface area (Å²) in [5.74, 6) is 6.60. The first-order valence-corrected chi connectivity index (χ1v) is 24.1. The van der Waals surface area contributed by atoms with Gasteiger partial charge in [0.1, 0.15) is 0 Å². The molecule has 6 unspecified atom stereocenters. The summed E-state index contributed by atoms with van der Waals surface area (Å²) >= 11 is 0.